The first-order valence-corrected chi connectivity index (χ1v) is 7.34. The Kier molecular flexibility index (Phi) is 9.06. The molecule has 1 rings (SSSR count). The number of amides is 1. The fourth-order valence-corrected chi connectivity index (χ4v) is 2.80. The van der Waals surface area contributed by atoms with Crippen molar-refractivity contribution in [1.82, 2.24) is 10.6 Å². The number of hydrogen-bond acceptors (Lipinski definition) is 3. The van der Waals surface area contributed by atoms with Gasteiger partial charge in [-0.05, 0) is 52.3 Å². The third-order valence-electron chi connectivity index (χ3n) is 3.09. The molecule has 0 aliphatic carbocycles. The summed E-state index contributed by atoms with van der Waals surface area (Å²) in [7, 11) is 1.90. The van der Waals surface area contributed by atoms with Crippen LogP contribution < -0.4 is 10.6 Å². The summed E-state index contributed by atoms with van der Waals surface area (Å²) >= 11 is 1.84. The van der Waals surface area contributed by atoms with Crippen LogP contribution in [0.5, 0.6) is 0 Å². The average Bonchev–Trinajstić information content (AvgIpc) is 2.65. The number of carbonyl (C=O) groups excluding carboxylic acids is 1. The lowest BCUT2D eigenvalue weighted by Gasteiger charge is -2.11. The van der Waals surface area contributed by atoms with Gasteiger partial charge < -0.3 is 10.6 Å². The number of hydrogen-bond donors (Lipinski definition) is 2. The Morgan fingerprint density at radius 3 is 2.63 bits per heavy atom. The average molecular weight is 305 g/mol. The minimum atomic E-state index is 0. The summed E-state index contributed by atoms with van der Waals surface area (Å²) in [5.41, 5.74) is 1.40. The van der Waals surface area contributed by atoms with Crippen molar-refractivity contribution in [2.45, 2.75) is 46.1 Å². The molecule has 0 saturated carbocycles. The van der Waals surface area contributed by atoms with E-state index in [0.29, 0.717) is 19.0 Å². The topological polar surface area (TPSA) is 41.1 Å². The van der Waals surface area contributed by atoms with E-state index in [1.54, 1.807) is 0 Å². The second-order valence-corrected chi connectivity index (χ2v) is 6.25. The molecule has 1 amide bonds. The van der Waals surface area contributed by atoms with E-state index in [0.717, 1.165) is 12.8 Å². The molecule has 0 aromatic carbocycles. The molecule has 3 nitrogen and oxygen atoms in total. The van der Waals surface area contributed by atoms with Crippen LogP contribution in [0.1, 0.15) is 35.1 Å². The van der Waals surface area contributed by atoms with Crippen LogP contribution in [-0.4, -0.2) is 25.5 Å². The number of halogens is 1. The molecular formula is C14H25ClN2OS. The Labute approximate surface area is 126 Å². The maximum Gasteiger partial charge on any atom is 0.220 e. The highest BCUT2D eigenvalue weighted by atomic mass is 35.5. The summed E-state index contributed by atoms with van der Waals surface area (Å²) in [6.07, 6.45) is 2.55. The third kappa shape index (κ3) is 6.95. The van der Waals surface area contributed by atoms with E-state index in [1.165, 1.54) is 15.3 Å². The lowest BCUT2D eigenvalue weighted by atomic mass is 10.1. The summed E-state index contributed by atoms with van der Waals surface area (Å²) in [5.74, 6) is 0.154. The van der Waals surface area contributed by atoms with Crippen LogP contribution in [0, 0.1) is 13.8 Å². The van der Waals surface area contributed by atoms with Crippen molar-refractivity contribution in [3.05, 3.63) is 21.4 Å². The lowest BCUT2D eigenvalue weighted by molar-refractivity contribution is -0.121. The van der Waals surface area contributed by atoms with Crippen molar-refractivity contribution in [3.8, 4) is 0 Å². The minimum Gasteiger partial charge on any atom is -0.355 e. The highest BCUT2D eigenvalue weighted by Crippen LogP contribution is 2.22. The first-order chi connectivity index (χ1) is 8.52. The summed E-state index contributed by atoms with van der Waals surface area (Å²) in [5, 5.41) is 6.04. The summed E-state index contributed by atoms with van der Waals surface area (Å²) in [4.78, 5) is 14.3. The largest absolute Gasteiger partial charge is 0.355 e. The van der Waals surface area contributed by atoms with Crippen molar-refractivity contribution in [1.29, 1.82) is 0 Å². The van der Waals surface area contributed by atoms with Gasteiger partial charge in [-0.2, -0.15) is 0 Å². The van der Waals surface area contributed by atoms with E-state index >= 15 is 0 Å². The van der Waals surface area contributed by atoms with Crippen molar-refractivity contribution >= 4 is 29.7 Å². The molecule has 0 fully saturated rings. The Morgan fingerprint density at radius 1 is 1.42 bits per heavy atom. The number of aryl methyl sites for hydroxylation is 3. The molecule has 1 unspecified atom stereocenters. The van der Waals surface area contributed by atoms with Crippen LogP contribution in [0.3, 0.4) is 0 Å². The van der Waals surface area contributed by atoms with Crippen molar-refractivity contribution in [2.24, 2.45) is 0 Å². The van der Waals surface area contributed by atoms with E-state index in [2.05, 4.69) is 37.5 Å². The van der Waals surface area contributed by atoms with Crippen LogP contribution in [0.25, 0.3) is 0 Å². The van der Waals surface area contributed by atoms with E-state index in [-0.39, 0.29) is 18.3 Å². The SMILES string of the molecule is CNC(C)CNC(=O)CCCc1cc(C)sc1C.Cl. The van der Waals surface area contributed by atoms with Crippen molar-refractivity contribution in [3.63, 3.8) is 0 Å². The van der Waals surface area contributed by atoms with Gasteiger partial charge in [-0.25, -0.2) is 0 Å². The zero-order chi connectivity index (χ0) is 13.5. The van der Waals surface area contributed by atoms with Gasteiger partial charge in [0.25, 0.3) is 0 Å². The third-order valence-corrected chi connectivity index (χ3v) is 4.10. The first-order valence-electron chi connectivity index (χ1n) is 6.52. The Bertz CT molecular complexity index is 393. The predicted molar refractivity (Wildman–Crippen MR) is 85.5 cm³/mol. The lowest BCUT2D eigenvalue weighted by Crippen LogP contribution is -2.37. The monoisotopic (exact) mass is 304 g/mol. The van der Waals surface area contributed by atoms with Gasteiger partial charge in [0.2, 0.25) is 5.91 Å². The molecule has 1 aromatic heterocycles. The van der Waals surface area contributed by atoms with Crippen LogP contribution in [-0.2, 0) is 11.2 Å². The van der Waals surface area contributed by atoms with Gasteiger partial charge in [0.05, 0.1) is 0 Å². The van der Waals surface area contributed by atoms with Gasteiger partial charge in [-0.15, -0.1) is 23.7 Å². The molecule has 0 spiro atoms. The molecular weight excluding hydrogens is 280 g/mol. The fraction of sp³-hybridized carbons (Fsp3) is 0.643. The summed E-state index contributed by atoms with van der Waals surface area (Å²) < 4.78 is 0. The molecule has 1 aromatic rings. The normalized spacial score (nSPS) is 11.8. The molecule has 1 heterocycles. The molecule has 0 aliphatic rings. The molecule has 0 saturated heterocycles. The van der Waals surface area contributed by atoms with Crippen LogP contribution in [0.15, 0.2) is 6.07 Å². The Balaban J connectivity index is 0.00000324. The minimum absolute atomic E-state index is 0. The van der Waals surface area contributed by atoms with Gasteiger partial charge in [-0.3, -0.25) is 4.79 Å². The first kappa shape index (κ1) is 18.4. The molecule has 0 radical (unpaired) electrons. The number of nitrogens with one attached hydrogen (secondary N) is 2. The molecule has 1 atom stereocenters. The standard InChI is InChI=1S/C14H24N2OS.ClH/c1-10(15-4)9-16-14(17)7-5-6-13-8-11(2)18-12(13)3;/h8,10,15H,5-7,9H2,1-4H3,(H,16,17);1H. The smallest absolute Gasteiger partial charge is 0.220 e. The van der Waals surface area contributed by atoms with Crippen LogP contribution >= 0.6 is 23.7 Å². The fourth-order valence-electron chi connectivity index (χ4n) is 1.83. The van der Waals surface area contributed by atoms with Gasteiger partial charge in [0.15, 0.2) is 0 Å². The highest BCUT2D eigenvalue weighted by molar-refractivity contribution is 7.12. The van der Waals surface area contributed by atoms with Crippen molar-refractivity contribution < 1.29 is 4.79 Å². The number of likely N-dealkylation sites (N-methyl/N-ethyl adjacent to an activating group) is 1. The van der Waals surface area contributed by atoms with E-state index in [1.807, 2.05) is 18.4 Å². The number of rotatable bonds is 7. The molecule has 5 heteroatoms. The Morgan fingerprint density at radius 2 is 2.11 bits per heavy atom. The van der Waals surface area contributed by atoms with E-state index in [9.17, 15) is 4.79 Å². The van der Waals surface area contributed by atoms with Gasteiger partial charge in [-0.1, -0.05) is 0 Å². The molecule has 2 N–H and O–H groups in total. The molecule has 0 bridgehead atoms. The number of thiophene rings is 1. The molecule has 19 heavy (non-hydrogen) atoms. The highest BCUT2D eigenvalue weighted by Gasteiger charge is 2.06. The van der Waals surface area contributed by atoms with Gasteiger partial charge in [0.1, 0.15) is 0 Å². The maximum absolute atomic E-state index is 11.6. The molecule has 110 valence electrons. The second-order valence-electron chi connectivity index (χ2n) is 4.79. The van der Waals surface area contributed by atoms with Crippen LogP contribution in [0.2, 0.25) is 0 Å². The van der Waals surface area contributed by atoms with Gasteiger partial charge >= 0.3 is 0 Å². The Hall–Kier alpha value is -0.580. The zero-order valence-electron chi connectivity index (χ0n) is 12.2. The predicted octanol–water partition coefficient (Wildman–Crippen LogP) is 2.83. The summed E-state index contributed by atoms with van der Waals surface area (Å²) in [6.45, 7) is 7.04. The van der Waals surface area contributed by atoms with Crippen molar-refractivity contribution in [2.75, 3.05) is 13.6 Å². The van der Waals surface area contributed by atoms with E-state index < -0.39 is 0 Å². The van der Waals surface area contributed by atoms with Crippen LogP contribution in [0.4, 0.5) is 0 Å². The zero-order valence-corrected chi connectivity index (χ0v) is 13.8. The summed E-state index contributed by atoms with van der Waals surface area (Å²) in [6, 6.07) is 2.57. The molecule has 0 aliphatic heterocycles. The second kappa shape index (κ2) is 9.34. The van der Waals surface area contributed by atoms with Gasteiger partial charge in [0, 0.05) is 28.8 Å². The maximum atomic E-state index is 11.6. The quantitative estimate of drug-likeness (QED) is 0.813. The number of carbonyl (C=O) groups is 1. The van der Waals surface area contributed by atoms with E-state index in [4.69, 9.17) is 0 Å².